The summed E-state index contributed by atoms with van der Waals surface area (Å²) in [6.07, 6.45) is 44.3. The van der Waals surface area contributed by atoms with Gasteiger partial charge in [-0.25, -0.2) is 0 Å². The van der Waals surface area contributed by atoms with Crippen LogP contribution in [0.4, 0.5) is 0 Å². The van der Waals surface area contributed by atoms with E-state index in [0.29, 0.717) is 12.8 Å². The van der Waals surface area contributed by atoms with Gasteiger partial charge in [-0.1, -0.05) is 288 Å². The smallest absolute Gasteiger partial charge is 0.220 e. The Morgan fingerprint density at radius 1 is 0.365 bits per heavy atom. The molecule has 3 heterocycles. The zero-order valence-corrected chi connectivity index (χ0v) is 60.1. The zero-order valence-electron chi connectivity index (χ0n) is 60.1. The average molecular weight is 1370 g/mol. The third-order valence-electron chi connectivity index (χ3n) is 19.7. The highest BCUT2D eigenvalue weighted by atomic mass is 16.8. The van der Waals surface area contributed by atoms with Crippen LogP contribution in [0.5, 0.6) is 0 Å². The molecular formula is C77H143NO18. The summed E-state index contributed by atoms with van der Waals surface area (Å²) in [6.45, 7) is 1.75. The fraction of sp³-hybridized carbons (Fsp3) is 0.909. The summed E-state index contributed by atoms with van der Waals surface area (Å²) in [5, 5.41) is 121. The number of carbonyl (C=O) groups excluding carboxylic acids is 1. The molecule has 0 radical (unpaired) electrons. The number of ether oxygens (including phenoxy) is 6. The van der Waals surface area contributed by atoms with E-state index < -0.39 is 124 Å². The van der Waals surface area contributed by atoms with Crippen molar-refractivity contribution < 1.29 is 89.4 Å². The molecule has 0 spiro atoms. The molecule has 17 atom stereocenters. The van der Waals surface area contributed by atoms with E-state index in [0.717, 1.165) is 51.4 Å². The molecular weight excluding hydrogens is 1230 g/mol. The van der Waals surface area contributed by atoms with E-state index in [9.17, 15) is 61.0 Å². The SMILES string of the molecule is CCCCCCCCC/C=C\CCCCCCCCCC(=O)NC(COC1OC(CO)C(OC2OC(CO)C(OC3OC(CO)C(O)C(O)C3O)C(O)C2O)C(O)C1O)C(O)/C=C/CC/C=C/CCCCCCCCCCCCCCCCCCCCCCCCCCCCC. The molecule has 12 N–H and O–H groups in total. The quantitative estimate of drug-likeness (QED) is 0.0199. The lowest BCUT2D eigenvalue weighted by atomic mass is 9.96. The van der Waals surface area contributed by atoms with E-state index in [-0.39, 0.29) is 18.9 Å². The van der Waals surface area contributed by atoms with E-state index in [1.807, 2.05) is 6.08 Å². The molecule has 0 aromatic rings. The topological polar surface area (TPSA) is 307 Å². The molecule has 3 fully saturated rings. The van der Waals surface area contributed by atoms with Crippen LogP contribution in [-0.4, -0.2) is 193 Å². The van der Waals surface area contributed by atoms with Gasteiger partial charge in [-0.15, -0.1) is 0 Å². The standard InChI is InChI=1S/C77H143NO18/c1-3-5-7-9-11-13-15-17-19-21-23-24-25-26-27-28-29-30-31-32-33-34-35-36-37-38-40-42-44-46-48-50-52-54-61(82)60(78-65(83)55-53-51-49-47-45-43-41-39-22-20-18-16-14-12-10-8-6-4-2)59-91-75-71(89)68(86)73(63(57-80)93-75)96-77-72(90)69(87)74(64(58-81)94-77)95-76-70(88)67(85)66(84)62(56-79)92-76/h20,22,44,46,52,54,60-64,66-77,79-82,84-90H,3-19,21,23-43,45,47-51,53,55-59H2,1-2H3,(H,78,83)/b22-20-,46-44+,54-52+. The molecule has 0 bridgehead atoms. The molecule has 96 heavy (non-hydrogen) atoms. The molecule has 19 heteroatoms. The number of hydrogen-bond acceptors (Lipinski definition) is 18. The summed E-state index contributed by atoms with van der Waals surface area (Å²) in [5.74, 6) is -0.287. The lowest BCUT2D eigenvalue weighted by Gasteiger charge is -2.48. The van der Waals surface area contributed by atoms with Crippen molar-refractivity contribution in [1.82, 2.24) is 5.32 Å². The first-order chi connectivity index (χ1) is 46.8. The van der Waals surface area contributed by atoms with Gasteiger partial charge < -0.3 is 89.9 Å². The molecule has 17 unspecified atom stereocenters. The minimum atomic E-state index is -1.98. The van der Waals surface area contributed by atoms with E-state index in [4.69, 9.17) is 28.4 Å². The second kappa shape index (κ2) is 58.5. The van der Waals surface area contributed by atoms with Crippen molar-refractivity contribution in [2.75, 3.05) is 26.4 Å². The van der Waals surface area contributed by atoms with Crippen LogP contribution in [0.25, 0.3) is 0 Å². The molecule has 1 amide bonds. The van der Waals surface area contributed by atoms with Crippen molar-refractivity contribution in [3.05, 3.63) is 36.5 Å². The van der Waals surface area contributed by atoms with Crippen LogP contribution >= 0.6 is 0 Å². The number of unbranched alkanes of at least 4 members (excludes halogenated alkanes) is 42. The first-order valence-corrected chi connectivity index (χ1v) is 39.2. The van der Waals surface area contributed by atoms with Crippen LogP contribution in [0.3, 0.4) is 0 Å². The highest BCUT2D eigenvalue weighted by Gasteiger charge is 2.53. The van der Waals surface area contributed by atoms with Gasteiger partial charge in [0, 0.05) is 6.42 Å². The number of aliphatic hydroxyl groups excluding tert-OH is 11. The fourth-order valence-corrected chi connectivity index (χ4v) is 13.3. The lowest BCUT2D eigenvalue weighted by molar-refractivity contribution is -0.379. The predicted octanol–water partition coefficient (Wildman–Crippen LogP) is 12.3. The van der Waals surface area contributed by atoms with Crippen LogP contribution in [0.1, 0.15) is 316 Å². The first kappa shape index (κ1) is 88.2. The number of carbonyl (C=O) groups is 1. The maximum Gasteiger partial charge on any atom is 0.220 e. The predicted molar refractivity (Wildman–Crippen MR) is 379 cm³/mol. The van der Waals surface area contributed by atoms with Crippen LogP contribution in [0.2, 0.25) is 0 Å². The second-order valence-corrected chi connectivity index (χ2v) is 28.2. The summed E-state index contributed by atoms with van der Waals surface area (Å²) in [6, 6.07) is -0.993. The molecule has 0 aliphatic carbocycles. The number of hydrogen-bond donors (Lipinski definition) is 12. The van der Waals surface area contributed by atoms with Crippen molar-refractivity contribution in [2.24, 2.45) is 0 Å². The summed E-state index contributed by atoms with van der Waals surface area (Å²) >= 11 is 0. The number of aliphatic hydroxyl groups is 11. The first-order valence-electron chi connectivity index (χ1n) is 39.2. The van der Waals surface area contributed by atoms with Crippen molar-refractivity contribution in [3.63, 3.8) is 0 Å². The Balaban J connectivity index is 1.38. The highest BCUT2D eigenvalue weighted by Crippen LogP contribution is 2.33. The highest BCUT2D eigenvalue weighted by molar-refractivity contribution is 5.76. The Morgan fingerprint density at radius 3 is 1.04 bits per heavy atom. The van der Waals surface area contributed by atoms with E-state index in [2.05, 4.69) is 43.5 Å². The Labute approximate surface area is 581 Å². The Hall–Kier alpha value is -1.99. The summed E-state index contributed by atoms with van der Waals surface area (Å²) in [7, 11) is 0. The second-order valence-electron chi connectivity index (χ2n) is 28.2. The number of nitrogens with one attached hydrogen (secondary N) is 1. The summed E-state index contributed by atoms with van der Waals surface area (Å²) in [5.41, 5.74) is 0. The van der Waals surface area contributed by atoms with Gasteiger partial charge >= 0.3 is 0 Å². The van der Waals surface area contributed by atoms with Crippen LogP contribution in [0, 0.1) is 0 Å². The van der Waals surface area contributed by atoms with Crippen molar-refractivity contribution in [1.29, 1.82) is 0 Å². The largest absolute Gasteiger partial charge is 0.394 e. The fourth-order valence-electron chi connectivity index (χ4n) is 13.3. The lowest BCUT2D eigenvalue weighted by Crippen LogP contribution is -2.66. The van der Waals surface area contributed by atoms with Crippen LogP contribution in [0.15, 0.2) is 36.5 Å². The molecule has 3 saturated heterocycles. The van der Waals surface area contributed by atoms with Gasteiger partial charge in [0.1, 0.15) is 73.2 Å². The van der Waals surface area contributed by atoms with Crippen LogP contribution in [-0.2, 0) is 33.2 Å². The van der Waals surface area contributed by atoms with E-state index in [1.54, 1.807) is 6.08 Å². The number of rotatable bonds is 62. The molecule has 3 aliphatic rings. The molecule has 0 saturated carbocycles. The van der Waals surface area contributed by atoms with Gasteiger partial charge in [-0.3, -0.25) is 4.79 Å². The number of amides is 1. The van der Waals surface area contributed by atoms with E-state index >= 15 is 0 Å². The molecule has 3 rings (SSSR count). The van der Waals surface area contributed by atoms with Crippen molar-refractivity contribution in [3.8, 4) is 0 Å². The van der Waals surface area contributed by atoms with E-state index in [1.165, 1.54) is 231 Å². The average Bonchev–Trinajstić information content (AvgIpc) is 0.798. The van der Waals surface area contributed by atoms with Gasteiger partial charge in [-0.2, -0.15) is 0 Å². The van der Waals surface area contributed by atoms with Gasteiger partial charge in [0.15, 0.2) is 18.9 Å². The van der Waals surface area contributed by atoms with Gasteiger partial charge in [0.2, 0.25) is 5.91 Å². The maximum atomic E-state index is 13.4. The molecule has 564 valence electrons. The Morgan fingerprint density at radius 2 is 0.667 bits per heavy atom. The molecule has 0 aromatic carbocycles. The minimum Gasteiger partial charge on any atom is -0.394 e. The molecule has 0 aromatic heterocycles. The Bertz CT molecular complexity index is 1880. The third-order valence-corrected chi connectivity index (χ3v) is 19.7. The molecule has 19 nitrogen and oxygen atoms in total. The van der Waals surface area contributed by atoms with Gasteiger partial charge in [-0.05, 0) is 57.8 Å². The Kier molecular flexibility index (Phi) is 53.8. The zero-order chi connectivity index (χ0) is 69.6. The number of allylic oxidation sites excluding steroid dienone is 5. The summed E-state index contributed by atoms with van der Waals surface area (Å²) in [4.78, 5) is 13.4. The van der Waals surface area contributed by atoms with Crippen LogP contribution < -0.4 is 5.32 Å². The van der Waals surface area contributed by atoms with Gasteiger partial charge in [0.05, 0.1) is 38.6 Å². The maximum absolute atomic E-state index is 13.4. The molecule has 3 aliphatic heterocycles. The normalized spacial score (nSPS) is 27.2. The summed E-state index contributed by atoms with van der Waals surface area (Å²) < 4.78 is 34.4. The third kappa shape index (κ3) is 38.9. The van der Waals surface area contributed by atoms with Crippen molar-refractivity contribution >= 4 is 5.91 Å². The van der Waals surface area contributed by atoms with Crippen molar-refractivity contribution in [2.45, 2.75) is 420 Å². The minimum absolute atomic E-state index is 0.232. The van der Waals surface area contributed by atoms with Gasteiger partial charge in [0.25, 0.3) is 0 Å². The monoisotopic (exact) mass is 1370 g/mol.